The number of hydrogen-bond donors (Lipinski definition) is 1. The standard InChI is InChI=1S/C18H16Cl2N2O3S/c19-11-3-4-14(13(20)10-11)25-8-7-22-16(23)18(21-17(22)24)6-1-2-15-12(18)5-9-26-15/h3-5,9-10H,1-2,6-8H2,(H,21,24)/t18-/m1/s1. The summed E-state index contributed by atoms with van der Waals surface area (Å²) >= 11 is 13.6. The molecule has 8 heteroatoms. The van der Waals surface area contributed by atoms with Crippen molar-refractivity contribution in [3.8, 4) is 5.75 Å². The Morgan fingerprint density at radius 1 is 1.27 bits per heavy atom. The lowest BCUT2D eigenvalue weighted by Gasteiger charge is -2.31. The van der Waals surface area contributed by atoms with Crippen LogP contribution in [0.2, 0.25) is 10.0 Å². The number of carbonyl (C=O) groups excluding carboxylic acids is 2. The van der Waals surface area contributed by atoms with Crippen molar-refractivity contribution in [1.29, 1.82) is 0 Å². The van der Waals surface area contributed by atoms with E-state index in [1.165, 1.54) is 9.78 Å². The molecule has 2 aliphatic rings. The molecule has 2 aromatic rings. The van der Waals surface area contributed by atoms with Crippen LogP contribution in [0.15, 0.2) is 29.6 Å². The number of urea groups is 1. The molecule has 1 saturated heterocycles. The zero-order valence-electron chi connectivity index (χ0n) is 13.8. The minimum absolute atomic E-state index is 0.158. The van der Waals surface area contributed by atoms with Crippen molar-refractivity contribution in [3.63, 3.8) is 0 Å². The van der Waals surface area contributed by atoms with Crippen molar-refractivity contribution in [2.24, 2.45) is 0 Å². The second kappa shape index (κ2) is 6.76. The quantitative estimate of drug-likeness (QED) is 0.767. The number of imide groups is 1. The third-order valence-electron chi connectivity index (χ3n) is 4.80. The number of fused-ring (bicyclic) bond motifs is 2. The van der Waals surface area contributed by atoms with Crippen molar-refractivity contribution in [1.82, 2.24) is 10.2 Å². The van der Waals surface area contributed by atoms with Crippen molar-refractivity contribution in [2.75, 3.05) is 13.2 Å². The number of nitrogens with zero attached hydrogens (tertiary/aromatic N) is 1. The Balaban J connectivity index is 1.47. The summed E-state index contributed by atoms with van der Waals surface area (Å²) in [6.07, 6.45) is 2.46. The molecule has 0 radical (unpaired) electrons. The number of carbonyl (C=O) groups is 2. The van der Waals surface area contributed by atoms with E-state index in [9.17, 15) is 9.59 Å². The monoisotopic (exact) mass is 410 g/mol. The van der Waals surface area contributed by atoms with Gasteiger partial charge < -0.3 is 10.1 Å². The van der Waals surface area contributed by atoms with Crippen molar-refractivity contribution in [3.05, 3.63) is 50.1 Å². The van der Waals surface area contributed by atoms with E-state index < -0.39 is 5.54 Å². The van der Waals surface area contributed by atoms with E-state index in [4.69, 9.17) is 27.9 Å². The maximum absolute atomic E-state index is 13.1. The lowest BCUT2D eigenvalue weighted by Crippen LogP contribution is -2.46. The third kappa shape index (κ3) is 2.86. The molecule has 0 bridgehead atoms. The van der Waals surface area contributed by atoms with Gasteiger partial charge >= 0.3 is 6.03 Å². The van der Waals surface area contributed by atoms with Gasteiger partial charge in [0.1, 0.15) is 17.9 Å². The third-order valence-corrected chi connectivity index (χ3v) is 6.31. The van der Waals surface area contributed by atoms with E-state index in [1.807, 2.05) is 11.4 Å². The minimum Gasteiger partial charge on any atom is -0.490 e. The molecule has 3 amide bonds. The predicted molar refractivity (Wildman–Crippen MR) is 101 cm³/mol. The van der Waals surface area contributed by atoms with E-state index in [-0.39, 0.29) is 25.1 Å². The van der Waals surface area contributed by atoms with Gasteiger partial charge in [0.25, 0.3) is 5.91 Å². The minimum atomic E-state index is -0.914. The molecule has 1 atom stereocenters. The summed E-state index contributed by atoms with van der Waals surface area (Å²) in [6.45, 7) is 0.317. The van der Waals surface area contributed by atoms with Crippen LogP contribution in [0.5, 0.6) is 5.75 Å². The first-order chi connectivity index (χ1) is 12.5. The Labute approximate surface area is 164 Å². The molecule has 4 rings (SSSR count). The first-order valence-electron chi connectivity index (χ1n) is 8.30. The van der Waals surface area contributed by atoms with Gasteiger partial charge in [0.05, 0.1) is 11.6 Å². The molecule has 1 aromatic heterocycles. The van der Waals surface area contributed by atoms with E-state index in [0.29, 0.717) is 22.2 Å². The van der Waals surface area contributed by atoms with Crippen LogP contribution in [0.1, 0.15) is 23.3 Å². The van der Waals surface area contributed by atoms with Crippen LogP contribution in [0.25, 0.3) is 0 Å². The number of halogens is 2. The molecule has 1 aliphatic carbocycles. The number of amides is 3. The van der Waals surface area contributed by atoms with Crippen LogP contribution in [0, 0.1) is 0 Å². The van der Waals surface area contributed by atoms with Crippen LogP contribution in [0.3, 0.4) is 0 Å². The van der Waals surface area contributed by atoms with Crippen molar-refractivity contribution < 1.29 is 14.3 Å². The highest BCUT2D eigenvalue weighted by Crippen LogP contribution is 2.42. The van der Waals surface area contributed by atoms with E-state index in [0.717, 1.165) is 18.4 Å². The summed E-state index contributed by atoms with van der Waals surface area (Å²) in [5.41, 5.74) is 0.0269. The SMILES string of the molecule is O=C1N[C@@]2(CCCc3sccc32)C(=O)N1CCOc1ccc(Cl)cc1Cl. The molecule has 1 N–H and O–H groups in total. The number of benzene rings is 1. The molecular weight excluding hydrogens is 395 g/mol. The van der Waals surface area contributed by atoms with E-state index in [2.05, 4.69) is 5.32 Å². The number of rotatable bonds is 4. The largest absolute Gasteiger partial charge is 0.490 e. The van der Waals surface area contributed by atoms with Gasteiger partial charge in [-0.3, -0.25) is 9.69 Å². The lowest BCUT2D eigenvalue weighted by molar-refractivity contribution is -0.132. The fraction of sp³-hybridized carbons (Fsp3) is 0.333. The van der Waals surface area contributed by atoms with Crippen LogP contribution in [0.4, 0.5) is 4.79 Å². The molecule has 1 spiro atoms. The van der Waals surface area contributed by atoms with Crippen LogP contribution in [-0.2, 0) is 16.8 Å². The summed E-state index contributed by atoms with van der Waals surface area (Å²) in [5, 5.41) is 5.81. The fourth-order valence-corrected chi connectivity index (χ4v) is 5.05. The lowest BCUT2D eigenvalue weighted by atomic mass is 9.80. The van der Waals surface area contributed by atoms with Gasteiger partial charge in [-0.05, 0) is 48.9 Å². The number of aryl methyl sites for hydroxylation is 1. The Morgan fingerprint density at radius 2 is 2.12 bits per heavy atom. The summed E-state index contributed by atoms with van der Waals surface area (Å²) < 4.78 is 5.62. The number of thiophene rings is 1. The highest BCUT2D eigenvalue weighted by molar-refractivity contribution is 7.10. The molecule has 136 valence electrons. The topological polar surface area (TPSA) is 58.6 Å². The van der Waals surface area contributed by atoms with E-state index in [1.54, 1.807) is 29.5 Å². The summed E-state index contributed by atoms with van der Waals surface area (Å²) in [6, 6.07) is 6.49. The average Bonchev–Trinajstić information content (AvgIpc) is 3.17. The van der Waals surface area contributed by atoms with E-state index >= 15 is 0 Å². The zero-order valence-corrected chi connectivity index (χ0v) is 16.1. The maximum Gasteiger partial charge on any atom is 0.325 e. The Hall–Kier alpha value is -1.76. The second-order valence-electron chi connectivity index (χ2n) is 6.33. The molecule has 1 aromatic carbocycles. The second-order valence-corrected chi connectivity index (χ2v) is 8.17. The highest BCUT2D eigenvalue weighted by atomic mass is 35.5. The molecule has 1 fully saturated rings. The first-order valence-corrected chi connectivity index (χ1v) is 9.94. The number of ether oxygens (including phenoxy) is 1. The van der Waals surface area contributed by atoms with Crippen LogP contribution >= 0.6 is 34.5 Å². The molecule has 0 saturated carbocycles. The van der Waals surface area contributed by atoms with Gasteiger partial charge in [-0.1, -0.05) is 23.2 Å². The fourth-order valence-electron chi connectivity index (χ4n) is 3.58. The predicted octanol–water partition coefficient (Wildman–Crippen LogP) is 4.22. The molecule has 2 heterocycles. The first kappa shape index (κ1) is 17.6. The Kier molecular flexibility index (Phi) is 4.59. The molecule has 0 unspecified atom stereocenters. The average molecular weight is 411 g/mol. The highest BCUT2D eigenvalue weighted by Gasteiger charge is 2.54. The molecule has 1 aliphatic heterocycles. The van der Waals surface area contributed by atoms with Crippen LogP contribution < -0.4 is 10.1 Å². The maximum atomic E-state index is 13.1. The molecule has 26 heavy (non-hydrogen) atoms. The normalized spacial score (nSPS) is 21.8. The van der Waals surface area contributed by atoms with Gasteiger partial charge in [0.2, 0.25) is 0 Å². The Bertz CT molecular complexity index is 885. The zero-order chi connectivity index (χ0) is 18.3. The van der Waals surface area contributed by atoms with Crippen molar-refractivity contribution in [2.45, 2.75) is 24.8 Å². The summed E-state index contributed by atoms with van der Waals surface area (Å²) in [7, 11) is 0. The molecular formula is C18H16Cl2N2O3S. The smallest absolute Gasteiger partial charge is 0.325 e. The van der Waals surface area contributed by atoms with Crippen molar-refractivity contribution >= 4 is 46.5 Å². The number of nitrogens with one attached hydrogen (secondary N) is 1. The summed E-state index contributed by atoms with van der Waals surface area (Å²) in [5.74, 6) is 0.267. The van der Waals surface area contributed by atoms with Gasteiger partial charge in [-0.2, -0.15) is 0 Å². The Morgan fingerprint density at radius 3 is 2.92 bits per heavy atom. The van der Waals surface area contributed by atoms with Gasteiger partial charge in [0.15, 0.2) is 0 Å². The van der Waals surface area contributed by atoms with Gasteiger partial charge in [-0.15, -0.1) is 11.3 Å². The van der Waals surface area contributed by atoms with Crippen LogP contribution in [-0.4, -0.2) is 30.0 Å². The van der Waals surface area contributed by atoms with Gasteiger partial charge in [0, 0.05) is 15.5 Å². The number of hydrogen-bond acceptors (Lipinski definition) is 4. The molecule has 5 nitrogen and oxygen atoms in total. The van der Waals surface area contributed by atoms with Gasteiger partial charge in [-0.25, -0.2) is 4.79 Å². The summed E-state index contributed by atoms with van der Waals surface area (Å²) in [4.78, 5) is 27.9.